The van der Waals surface area contributed by atoms with Crippen LogP contribution in [0.25, 0.3) is 0 Å². The Hall–Kier alpha value is -0.900. The van der Waals surface area contributed by atoms with Gasteiger partial charge in [0, 0.05) is 6.07 Å². The van der Waals surface area contributed by atoms with Crippen molar-refractivity contribution >= 4 is 7.82 Å². The maximum absolute atomic E-state index is 12.0. The molecule has 0 fully saturated rings. The lowest BCUT2D eigenvalue weighted by Gasteiger charge is -2.15. The van der Waals surface area contributed by atoms with Crippen molar-refractivity contribution in [3.63, 3.8) is 0 Å². The van der Waals surface area contributed by atoms with E-state index >= 15 is 0 Å². The second-order valence-corrected chi connectivity index (χ2v) is 4.67. The van der Waals surface area contributed by atoms with E-state index in [4.69, 9.17) is 13.6 Å². The summed E-state index contributed by atoms with van der Waals surface area (Å²) in [5.41, 5.74) is 0. The zero-order valence-electron chi connectivity index (χ0n) is 9.75. The van der Waals surface area contributed by atoms with Crippen LogP contribution in [0.1, 0.15) is 13.8 Å². The van der Waals surface area contributed by atoms with Gasteiger partial charge in [0.1, 0.15) is 7.05 Å². The summed E-state index contributed by atoms with van der Waals surface area (Å²) in [5, 5.41) is 0. The summed E-state index contributed by atoms with van der Waals surface area (Å²) < 4.78 is 29.1. The number of phosphoric ester groups is 1. The highest BCUT2D eigenvalue weighted by Crippen LogP contribution is 2.48. The van der Waals surface area contributed by atoms with Crippen LogP contribution in [0.5, 0.6) is 5.75 Å². The number of phosphoric acid groups is 1. The molecule has 0 bridgehead atoms. The molecule has 0 unspecified atom stereocenters. The quantitative estimate of drug-likeness (QED) is 0.569. The third-order valence-electron chi connectivity index (χ3n) is 1.70. The molecule has 0 atom stereocenters. The SMILES string of the molecule is CCOP(=O)(OCC)Oc1ccc[n+](C)c1. The van der Waals surface area contributed by atoms with Gasteiger partial charge in [-0.2, -0.15) is 0 Å². The normalized spacial score (nSPS) is 11.4. The van der Waals surface area contributed by atoms with Gasteiger partial charge in [-0.1, -0.05) is 0 Å². The van der Waals surface area contributed by atoms with Gasteiger partial charge in [0.2, 0.25) is 6.20 Å². The van der Waals surface area contributed by atoms with E-state index < -0.39 is 7.82 Å². The topological polar surface area (TPSA) is 48.6 Å². The molecule has 6 heteroatoms. The maximum atomic E-state index is 12.0. The molecule has 0 aliphatic rings. The van der Waals surface area contributed by atoms with E-state index in [9.17, 15) is 4.57 Å². The predicted molar refractivity (Wildman–Crippen MR) is 59.1 cm³/mol. The van der Waals surface area contributed by atoms with Crippen LogP contribution in [-0.4, -0.2) is 13.2 Å². The average Bonchev–Trinajstić information content (AvgIpc) is 2.17. The van der Waals surface area contributed by atoms with E-state index in [-0.39, 0.29) is 13.2 Å². The minimum atomic E-state index is -3.47. The standard InChI is InChI=1S/C10H17NO4P/c1-4-13-16(12,14-5-2)15-10-7-6-8-11(3)9-10/h6-9H,4-5H2,1-3H3/q+1. The first-order valence-corrected chi connectivity index (χ1v) is 6.59. The van der Waals surface area contributed by atoms with Crippen molar-refractivity contribution in [1.82, 2.24) is 0 Å². The molecule has 0 aromatic carbocycles. The van der Waals surface area contributed by atoms with Crippen molar-refractivity contribution < 1.29 is 22.7 Å². The average molecular weight is 246 g/mol. The fraction of sp³-hybridized carbons (Fsp3) is 0.500. The molecule has 0 spiro atoms. The van der Waals surface area contributed by atoms with Gasteiger partial charge in [0.25, 0.3) is 0 Å². The molecule has 0 aliphatic carbocycles. The molecule has 0 N–H and O–H groups in total. The van der Waals surface area contributed by atoms with E-state index in [1.165, 1.54) is 0 Å². The van der Waals surface area contributed by atoms with Crippen molar-refractivity contribution in [2.75, 3.05) is 13.2 Å². The van der Waals surface area contributed by atoms with Gasteiger partial charge in [-0.05, 0) is 19.9 Å². The van der Waals surface area contributed by atoms with Crippen LogP contribution in [0.15, 0.2) is 24.5 Å². The first-order chi connectivity index (χ1) is 7.59. The first-order valence-electron chi connectivity index (χ1n) is 5.13. The van der Waals surface area contributed by atoms with Gasteiger partial charge in [-0.25, -0.2) is 9.13 Å². The number of rotatable bonds is 6. The second-order valence-electron chi connectivity index (χ2n) is 3.08. The molecule has 1 rings (SSSR count). The van der Waals surface area contributed by atoms with Crippen molar-refractivity contribution in [1.29, 1.82) is 0 Å². The van der Waals surface area contributed by atoms with Gasteiger partial charge in [-0.3, -0.25) is 9.05 Å². The fourth-order valence-corrected chi connectivity index (χ4v) is 2.33. The summed E-state index contributed by atoms with van der Waals surface area (Å²) in [4.78, 5) is 0. The van der Waals surface area contributed by atoms with Crippen LogP contribution < -0.4 is 9.09 Å². The lowest BCUT2D eigenvalue weighted by atomic mass is 10.5. The number of hydrogen-bond donors (Lipinski definition) is 0. The number of nitrogens with zero attached hydrogens (tertiary/aromatic N) is 1. The molecule has 0 saturated carbocycles. The van der Waals surface area contributed by atoms with E-state index in [2.05, 4.69) is 0 Å². The summed E-state index contributed by atoms with van der Waals surface area (Å²) in [6.07, 6.45) is 3.55. The third-order valence-corrected chi connectivity index (χ3v) is 3.29. The molecule has 0 saturated heterocycles. The number of pyridine rings is 1. The van der Waals surface area contributed by atoms with Crippen LogP contribution in [0.4, 0.5) is 0 Å². The zero-order chi connectivity index (χ0) is 12.0. The molecule has 0 radical (unpaired) electrons. The van der Waals surface area contributed by atoms with E-state index in [0.717, 1.165) is 0 Å². The molecule has 90 valence electrons. The Balaban J connectivity index is 2.79. The summed E-state index contributed by atoms with van der Waals surface area (Å²) >= 11 is 0. The Morgan fingerprint density at radius 3 is 2.44 bits per heavy atom. The van der Waals surface area contributed by atoms with Crippen LogP contribution in [0.3, 0.4) is 0 Å². The summed E-state index contributed by atoms with van der Waals surface area (Å²) in [6.45, 7) is 4.02. The van der Waals surface area contributed by atoms with Crippen molar-refractivity contribution in [3.05, 3.63) is 24.5 Å². The van der Waals surface area contributed by atoms with E-state index in [1.54, 1.807) is 36.7 Å². The Labute approximate surface area is 95.6 Å². The molecule has 16 heavy (non-hydrogen) atoms. The molecule has 1 aromatic rings. The van der Waals surface area contributed by atoms with E-state index in [1.807, 2.05) is 13.2 Å². The Morgan fingerprint density at radius 2 is 1.94 bits per heavy atom. The number of hydrogen-bond acceptors (Lipinski definition) is 4. The van der Waals surface area contributed by atoms with E-state index in [0.29, 0.717) is 5.75 Å². The van der Waals surface area contributed by atoms with Crippen molar-refractivity contribution in [3.8, 4) is 5.75 Å². The summed E-state index contributed by atoms with van der Waals surface area (Å²) in [7, 11) is -1.63. The minimum absolute atomic E-state index is 0.274. The number of aryl methyl sites for hydroxylation is 1. The summed E-state index contributed by atoms with van der Waals surface area (Å²) in [6, 6.07) is 3.49. The molecular formula is C10H17NO4P+. The Morgan fingerprint density at radius 1 is 1.31 bits per heavy atom. The number of aromatic nitrogens is 1. The molecule has 1 heterocycles. The third kappa shape index (κ3) is 3.93. The second kappa shape index (κ2) is 5.99. The van der Waals surface area contributed by atoms with Gasteiger partial charge >= 0.3 is 7.82 Å². The highest BCUT2D eigenvalue weighted by atomic mass is 31.2. The van der Waals surface area contributed by atoms with Gasteiger partial charge in [0.15, 0.2) is 11.9 Å². The lowest BCUT2D eigenvalue weighted by Crippen LogP contribution is -2.26. The van der Waals surface area contributed by atoms with Crippen LogP contribution >= 0.6 is 7.82 Å². The van der Waals surface area contributed by atoms with Crippen LogP contribution in [0.2, 0.25) is 0 Å². The van der Waals surface area contributed by atoms with Gasteiger partial charge < -0.3 is 4.52 Å². The lowest BCUT2D eigenvalue weighted by molar-refractivity contribution is -0.671. The molecule has 5 nitrogen and oxygen atoms in total. The van der Waals surface area contributed by atoms with Gasteiger partial charge in [0.05, 0.1) is 13.2 Å². The zero-order valence-corrected chi connectivity index (χ0v) is 10.6. The largest absolute Gasteiger partial charge is 0.530 e. The van der Waals surface area contributed by atoms with Crippen molar-refractivity contribution in [2.45, 2.75) is 13.8 Å². The monoisotopic (exact) mass is 246 g/mol. The fourth-order valence-electron chi connectivity index (χ4n) is 1.15. The first kappa shape index (κ1) is 13.2. The van der Waals surface area contributed by atoms with Crippen LogP contribution in [-0.2, 0) is 20.7 Å². The van der Waals surface area contributed by atoms with Gasteiger partial charge in [-0.15, -0.1) is 0 Å². The minimum Gasteiger partial charge on any atom is -0.398 e. The highest BCUT2D eigenvalue weighted by Gasteiger charge is 2.27. The smallest absolute Gasteiger partial charge is 0.398 e. The molecular weight excluding hydrogens is 229 g/mol. The molecule has 0 amide bonds. The predicted octanol–water partition coefficient (Wildman–Crippen LogP) is 2.07. The van der Waals surface area contributed by atoms with Crippen molar-refractivity contribution in [2.24, 2.45) is 7.05 Å². The summed E-state index contributed by atoms with van der Waals surface area (Å²) in [5.74, 6) is 0.454. The van der Waals surface area contributed by atoms with Crippen LogP contribution in [0, 0.1) is 0 Å². The Kier molecular flexibility index (Phi) is 4.93. The molecule has 0 aliphatic heterocycles. The highest BCUT2D eigenvalue weighted by molar-refractivity contribution is 7.48. The molecule has 1 aromatic heterocycles. The maximum Gasteiger partial charge on any atom is 0.530 e. The Bertz CT molecular complexity index is 373.